The molecule has 0 radical (unpaired) electrons. The van der Waals surface area contributed by atoms with Crippen LogP contribution >= 0.6 is 0 Å². The van der Waals surface area contributed by atoms with E-state index in [1.54, 1.807) is 24.5 Å². The second-order valence-corrected chi connectivity index (χ2v) is 5.51. The van der Waals surface area contributed by atoms with E-state index in [1.807, 2.05) is 31.2 Å². The van der Waals surface area contributed by atoms with E-state index in [0.29, 0.717) is 24.6 Å². The minimum absolute atomic E-state index is 0.0424. The van der Waals surface area contributed by atoms with Crippen LogP contribution in [0.5, 0.6) is 0 Å². The van der Waals surface area contributed by atoms with E-state index in [2.05, 4.69) is 20.4 Å². The highest BCUT2D eigenvalue weighted by molar-refractivity contribution is 5.76. The Bertz CT molecular complexity index is 797. The Labute approximate surface area is 139 Å². The zero-order valence-electron chi connectivity index (χ0n) is 13.4. The molecule has 6 heteroatoms. The van der Waals surface area contributed by atoms with Gasteiger partial charge in [0.15, 0.2) is 0 Å². The van der Waals surface area contributed by atoms with E-state index in [4.69, 9.17) is 4.52 Å². The van der Waals surface area contributed by atoms with Gasteiger partial charge in [-0.15, -0.1) is 0 Å². The van der Waals surface area contributed by atoms with Crippen LogP contribution in [-0.4, -0.2) is 21.0 Å². The van der Waals surface area contributed by atoms with Crippen LogP contribution in [-0.2, 0) is 17.8 Å². The molecule has 0 aliphatic carbocycles. The molecule has 0 aliphatic heterocycles. The molecule has 0 saturated heterocycles. The van der Waals surface area contributed by atoms with Gasteiger partial charge in [-0.1, -0.05) is 35.0 Å². The van der Waals surface area contributed by atoms with Crippen LogP contribution in [0.4, 0.5) is 0 Å². The standard InChI is InChI=1S/C18H18N4O2/c1-13-2-4-14(5-3-13)6-7-16(23)20-12-17-21-18(22-24-17)15-8-10-19-11-9-15/h2-5,8-11H,6-7,12H2,1H3,(H,20,23). The quantitative estimate of drug-likeness (QED) is 0.754. The molecule has 24 heavy (non-hydrogen) atoms. The largest absolute Gasteiger partial charge is 0.347 e. The number of hydrogen-bond donors (Lipinski definition) is 1. The van der Waals surface area contributed by atoms with Crippen LogP contribution in [0.15, 0.2) is 53.3 Å². The number of amides is 1. The Morgan fingerprint density at radius 2 is 1.88 bits per heavy atom. The minimum atomic E-state index is -0.0424. The molecule has 2 heterocycles. The van der Waals surface area contributed by atoms with Crippen LogP contribution < -0.4 is 5.32 Å². The fourth-order valence-corrected chi connectivity index (χ4v) is 2.22. The number of carbonyl (C=O) groups excluding carboxylic acids is 1. The number of carbonyl (C=O) groups is 1. The lowest BCUT2D eigenvalue weighted by molar-refractivity contribution is -0.121. The van der Waals surface area contributed by atoms with Crippen LogP contribution in [0.3, 0.4) is 0 Å². The Balaban J connectivity index is 1.48. The van der Waals surface area contributed by atoms with Gasteiger partial charge in [-0.2, -0.15) is 4.98 Å². The summed E-state index contributed by atoms with van der Waals surface area (Å²) < 4.78 is 5.15. The van der Waals surface area contributed by atoms with Crippen molar-refractivity contribution in [3.05, 3.63) is 65.8 Å². The molecule has 122 valence electrons. The fourth-order valence-electron chi connectivity index (χ4n) is 2.22. The molecule has 0 aliphatic rings. The molecule has 3 rings (SSSR count). The van der Waals surface area contributed by atoms with Gasteiger partial charge in [0.05, 0.1) is 6.54 Å². The SMILES string of the molecule is Cc1ccc(CCC(=O)NCc2nc(-c3ccncc3)no2)cc1. The molecule has 0 unspecified atom stereocenters. The molecule has 0 saturated carbocycles. The van der Waals surface area contributed by atoms with Gasteiger partial charge in [0.2, 0.25) is 17.6 Å². The predicted molar refractivity (Wildman–Crippen MR) is 88.9 cm³/mol. The summed E-state index contributed by atoms with van der Waals surface area (Å²) in [6.45, 7) is 2.27. The first kappa shape index (κ1) is 15.9. The maximum absolute atomic E-state index is 11.9. The van der Waals surface area contributed by atoms with Crippen molar-refractivity contribution < 1.29 is 9.32 Å². The lowest BCUT2D eigenvalue weighted by Gasteiger charge is -2.03. The summed E-state index contributed by atoms with van der Waals surface area (Å²) in [6, 6.07) is 11.8. The van der Waals surface area contributed by atoms with Crippen molar-refractivity contribution in [3.63, 3.8) is 0 Å². The smallest absolute Gasteiger partial charge is 0.246 e. The highest BCUT2D eigenvalue weighted by atomic mass is 16.5. The summed E-state index contributed by atoms with van der Waals surface area (Å²) in [7, 11) is 0. The van der Waals surface area contributed by atoms with Crippen molar-refractivity contribution in [1.82, 2.24) is 20.4 Å². The van der Waals surface area contributed by atoms with Gasteiger partial charge in [-0.25, -0.2) is 0 Å². The topological polar surface area (TPSA) is 80.9 Å². The van der Waals surface area contributed by atoms with Gasteiger partial charge in [0.25, 0.3) is 0 Å². The maximum Gasteiger partial charge on any atom is 0.246 e. The van der Waals surface area contributed by atoms with Crippen molar-refractivity contribution in [3.8, 4) is 11.4 Å². The lowest BCUT2D eigenvalue weighted by Crippen LogP contribution is -2.23. The first-order valence-corrected chi connectivity index (χ1v) is 7.76. The third kappa shape index (κ3) is 4.25. The molecular weight excluding hydrogens is 304 g/mol. The molecule has 1 N–H and O–H groups in total. The van der Waals surface area contributed by atoms with Gasteiger partial charge in [-0.3, -0.25) is 9.78 Å². The van der Waals surface area contributed by atoms with E-state index >= 15 is 0 Å². The molecule has 0 atom stereocenters. The number of nitrogens with zero attached hydrogens (tertiary/aromatic N) is 3. The molecule has 3 aromatic rings. The number of pyridine rings is 1. The number of aryl methyl sites for hydroxylation is 2. The summed E-state index contributed by atoms with van der Waals surface area (Å²) in [5, 5.41) is 6.70. The van der Waals surface area contributed by atoms with Crippen molar-refractivity contribution in [2.75, 3.05) is 0 Å². The second-order valence-electron chi connectivity index (χ2n) is 5.51. The average molecular weight is 322 g/mol. The van der Waals surface area contributed by atoms with Crippen molar-refractivity contribution in [2.45, 2.75) is 26.3 Å². The Morgan fingerprint density at radius 3 is 2.62 bits per heavy atom. The van der Waals surface area contributed by atoms with Gasteiger partial charge >= 0.3 is 0 Å². The van der Waals surface area contributed by atoms with E-state index in [1.165, 1.54) is 5.56 Å². The molecule has 0 fully saturated rings. The van der Waals surface area contributed by atoms with Crippen molar-refractivity contribution in [2.24, 2.45) is 0 Å². The van der Waals surface area contributed by atoms with Gasteiger partial charge in [0.1, 0.15) is 0 Å². The molecule has 6 nitrogen and oxygen atoms in total. The lowest BCUT2D eigenvalue weighted by atomic mass is 10.1. The molecule has 0 bridgehead atoms. The molecule has 1 amide bonds. The summed E-state index contributed by atoms with van der Waals surface area (Å²) >= 11 is 0. The number of benzene rings is 1. The molecule has 2 aromatic heterocycles. The molecule has 1 aromatic carbocycles. The second kappa shape index (κ2) is 7.50. The maximum atomic E-state index is 11.9. The summed E-state index contributed by atoms with van der Waals surface area (Å²) in [5.41, 5.74) is 3.18. The normalized spacial score (nSPS) is 10.5. The van der Waals surface area contributed by atoms with E-state index < -0.39 is 0 Å². The van der Waals surface area contributed by atoms with Crippen LogP contribution in [0.25, 0.3) is 11.4 Å². The van der Waals surface area contributed by atoms with E-state index in [-0.39, 0.29) is 12.5 Å². The first-order chi connectivity index (χ1) is 11.7. The van der Waals surface area contributed by atoms with E-state index in [0.717, 1.165) is 11.1 Å². The molecular formula is C18H18N4O2. The summed E-state index contributed by atoms with van der Waals surface area (Å²) in [6.07, 6.45) is 4.46. The number of aromatic nitrogens is 3. The van der Waals surface area contributed by atoms with Crippen LogP contribution in [0, 0.1) is 6.92 Å². The van der Waals surface area contributed by atoms with Crippen molar-refractivity contribution >= 4 is 5.91 Å². The Kier molecular flexibility index (Phi) is 4.96. The third-order valence-electron chi connectivity index (χ3n) is 3.60. The average Bonchev–Trinajstić information content (AvgIpc) is 3.09. The fraction of sp³-hybridized carbons (Fsp3) is 0.222. The van der Waals surface area contributed by atoms with Gasteiger partial charge in [-0.05, 0) is 31.0 Å². The number of hydrogen-bond acceptors (Lipinski definition) is 5. The monoisotopic (exact) mass is 322 g/mol. The zero-order chi connectivity index (χ0) is 16.8. The minimum Gasteiger partial charge on any atom is -0.347 e. The highest BCUT2D eigenvalue weighted by Gasteiger charge is 2.09. The number of nitrogens with one attached hydrogen (secondary N) is 1. The molecule has 0 spiro atoms. The van der Waals surface area contributed by atoms with Gasteiger partial charge < -0.3 is 9.84 Å². The van der Waals surface area contributed by atoms with E-state index in [9.17, 15) is 4.79 Å². The highest BCUT2D eigenvalue weighted by Crippen LogP contribution is 2.13. The Morgan fingerprint density at radius 1 is 1.12 bits per heavy atom. The van der Waals surface area contributed by atoms with Crippen LogP contribution in [0.2, 0.25) is 0 Å². The predicted octanol–water partition coefficient (Wildman–Crippen LogP) is 2.69. The van der Waals surface area contributed by atoms with Gasteiger partial charge in [0, 0.05) is 24.4 Å². The first-order valence-electron chi connectivity index (χ1n) is 7.76. The zero-order valence-corrected chi connectivity index (χ0v) is 13.4. The summed E-state index contributed by atoms with van der Waals surface area (Å²) in [5.74, 6) is 0.825. The van der Waals surface area contributed by atoms with Crippen LogP contribution in [0.1, 0.15) is 23.4 Å². The Hall–Kier alpha value is -3.02. The van der Waals surface area contributed by atoms with Crippen molar-refractivity contribution in [1.29, 1.82) is 0 Å². The number of rotatable bonds is 6. The summed E-state index contributed by atoms with van der Waals surface area (Å²) in [4.78, 5) is 20.1. The third-order valence-corrected chi connectivity index (χ3v) is 3.60.